The van der Waals surface area contributed by atoms with Gasteiger partial charge in [-0.3, -0.25) is 4.68 Å². The molecule has 0 bridgehead atoms. The highest BCUT2D eigenvalue weighted by Gasteiger charge is 2.11. The maximum absolute atomic E-state index is 13.3. The fourth-order valence-corrected chi connectivity index (χ4v) is 1.90. The molecule has 96 valence electrons. The number of methoxy groups -OCH3 is 1. The fourth-order valence-electron chi connectivity index (χ4n) is 1.90. The minimum Gasteiger partial charge on any atom is -0.496 e. The average Bonchev–Trinajstić information content (AvgIpc) is 2.57. The summed E-state index contributed by atoms with van der Waals surface area (Å²) in [7, 11) is 1.56. The number of anilines is 1. The van der Waals surface area contributed by atoms with Crippen molar-refractivity contribution in [3.63, 3.8) is 0 Å². The number of rotatable bonds is 3. The van der Waals surface area contributed by atoms with E-state index in [1.54, 1.807) is 17.9 Å². The molecular weight excluding hydrogens is 233 g/mol. The van der Waals surface area contributed by atoms with E-state index in [-0.39, 0.29) is 5.82 Å². The summed E-state index contributed by atoms with van der Waals surface area (Å²) in [4.78, 5) is 0. The molecule has 0 atom stereocenters. The Morgan fingerprint density at radius 3 is 2.67 bits per heavy atom. The predicted molar refractivity (Wildman–Crippen MR) is 68.2 cm³/mol. The normalized spacial score (nSPS) is 10.7. The summed E-state index contributed by atoms with van der Waals surface area (Å²) in [6.07, 6.45) is 0. The summed E-state index contributed by atoms with van der Waals surface area (Å²) in [5.74, 6) is 0.350. The second-order valence-electron chi connectivity index (χ2n) is 4.20. The number of nitrogen functional groups attached to an aromatic ring is 1. The van der Waals surface area contributed by atoms with Crippen LogP contribution < -0.4 is 10.5 Å². The average molecular weight is 249 g/mol. The topological polar surface area (TPSA) is 53.1 Å². The Kier molecular flexibility index (Phi) is 3.23. The number of aromatic nitrogens is 2. The van der Waals surface area contributed by atoms with Crippen LogP contribution in [0.4, 0.5) is 10.1 Å². The second-order valence-corrected chi connectivity index (χ2v) is 4.20. The van der Waals surface area contributed by atoms with Crippen LogP contribution in [0, 0.1) is 19.7 Å². The van der Waals surface area contributed by atoms with E-state index in [0.29, 0.717) is 18.0 Å². The molecule has 0 saturated carbocycles. The lowest BCUT2D eigenvalue weighted by Gasteiger charge is -2.10. The van der Waals surface area contributed by atoms with Crippen LogP contribution >= 0.6 is 0 Å². The first-order valence-electron chi connectivity index (χ1n) is 5.65. The Labute approximate surface area is 105 Å². The van der Waals surface area contributed by atoms with E-state index in [1.165, 1.54) is 12.1 Å². The van der Waals surface area contributed by atoms with E-state index in [0.717, 1.165) is 17.0 Å². The number of benzene rings is 1. The first kappa shape index (κ1) is 12.4. The molecule has 0 saturated heterocycles. The fraction of sp³-hybridized carbons (Fsp3) is 0.308. The van der Waals surface area contributed by atoms with Gasteiger partial charge in [0.05, 0.1) is 30.7 Å². The van der Waals surface area contributed by atoms with Crippen molar-refractivity contribution in [3.8, 4) is 5.75 Å². The van der Waals surface area contributed by atoms with Crippen LogP contribution in [-0.2, 0) is 6.54 Å². The molecule has 0 radical (unpaired) electrons. The summed E-state index contributed by atoms with van der Waals surface area (Å²) in [6.45, 7) is 4.17. The Hall–Kier alpha value is -2.04. The molecule has 5 heteroatoms. The Bertz CT molecular complexity index is 578. The first-order chi connectivity index (χ1) is 8.52. The molecule has 1 heterocycles. The van der Waals surface area contributed by atoms with Crippen LogP contribution in [0.25, 0.3) is 0 Å². The van der Waals surface area contributed by atoms with Crippen molar-refractivity contribution in [2.75, 3.05) is 12.8 Å². The van der Waals surface area contributed by atoms with Gasteiger partial charge in [0.15, 0.2) is 0 Å². The largest absolute Gasteiger partial charge is 0.496 e. The van der Waals surface area contributed by atoms with Gasteiger partial charge >= 0.3 is 0 Å². The van der Waals surface area contributed by atoms with Gasteiger partial charge < -0.3 is 10.5 Å². The zero-order valence-electron chi connectivity index (χ0n) is 10.7. The van der Waals surface area contributed by atoms with Gasteiger partial charge in [0.25, 0.3) is 0 Å². The summed E-state index contributed by atoms with van der Waals surface area (Å²) in [6, 6.07) is 4.43. The van der Waals surface area contributed by atoms with Crippen molar-refractivity contribution in [3.05, 3.63) is 41.0 Å². The minimum absolute atomic E-state index is 0.291. The standard InChI is InChI=1S/C13H16FN3O/c1-8-13(15)9(2)17(16-8)7-10-6-11(14)4-5-12(10)18-3/h4-6H,7,15H2,1-3H3. The summed E-state index contributed by atoms with van der Waals surface area (Å²) in [5, 5.41) is 4.32. The Morgan fingerprint density at radius 2 is 2.11 bits per heavy atom. The molecule has 2 aromatic rings. The molecule has 1 aromatic heterocycles. The van der Waals surface area contributed by atoms with Crippen LogP contribution in [0.1, 0.15) is 17.0 Å². The van der Waals surface area contributed by atoms with Crippen LogP contribution in [0.3, 0.4) is 0 Å². The number of halogens is 1. The van der Waals surface area contributed by atoms with Gasteiger partial charge in [-0.05, 0) is 32.0 Å². The van der Waals surface area contributed by atoms with E-state index in [9.17, 15) is 4.39 Å². The molecule has 0 aliphatic rings. The third kappa shape index (κ3) is 2.16. The molecule has 0 fully saturated rings. The number of ether oxygens (including phenoxy) is 1. The van der Waals surface area contributed by atoms with Gasteiger partial charge in [-0.1, -0.05) is 0 Å². The van der Waals surface area contributed by atoms with Crippen LogP contribution in [0.15, 0.2) is 18.2 Å². The van der Waals surface area contributed by atoms with Crippen molar-refractivity contribution in [2.24, 2.45) is 0 Å². The lowest BCUT2D eigenvalue weighted by atomic mass is 10.2. The molecule has 4 nitrogen and oxygen atoms in total. The third-order valence-electron chi connectivity index (χ3n) is 3.00. The molecule has 0 amide bonds. The third-order valence-corrected chi connectivity index (χ3v) is 3.00. The molecule has 18 heavy (non-hydrogen) atoms. The SMILES string of the molecule is COc1ccc(F)cc1Cn1nc(C)c(N)c1C. The van der Waals surface area contributed by atoms with Crippen LogP contribution in [0.2, 0.25) is 0 Å². The van der Waals surface area contributed by atoms with Crippen molar-refractivity contribution >= 4 is 5.69 Å². The molecule has 0 aliphatic heterocycles. The molecule has 2 N–H and O–H groups in total. The molecule has 0 unspecified atom stereocenters. The molecule has 0 spiro atoms. The van der Waals surface area contributed by atoms with Crippen LogP contribution in [0.5, 0.6) is 5.75 Å². The quantitative estimate of drug-likeness (QED) is 0.908. The number of hydrogen-bond acceptors (Lipinski definition) is 3. The number of aryl methyl sites for hydroxylation is 1. The van der Waals surface area contributed by atoms with Gasteiger partial charge in [0, 0.05) is 5.56 Å². The second kappa shape index (κ2) is 4.68. The smallest absolute Gasteiger partial charge is 0.124 e. The monoisotopic (exact) mass is 249 g/mol. The minimum atomic E-state index is -0.291. The Morgan fingerprint density at radius 1 is 1.39 bits per heavy atom. The van der Waals surface area contributed by atoms with Crippen LogP contribution in [-0.4, -0.2) is 16.9 Å². The van der Waals surface area contributed by atoms with E-state index in [1.807, 2.05) is 13.8 Å². The molecule has 2 rings (SSSR count). The van der Waals surface area contributed by atoms with Crippen molar-refractivity contribution in [1.82, 2.24) is 9.78 Å². The maximum atomic E-state index is 13.3. The molecule has 1 aromatic carbocycles. The highest BCUT2D eigenvalue weighted by molar-refractivity contribution is 5.47. The predicted octanol–water partition coefficient (Wildman–Crippen LogP) is 2.28. The van der Waals surface area contributed by atoms with E-state index in [4.69, 9.17) is 10.5 Å². The molecule has 0 aliphatic carbocycles. The summed E-state index contributed by atoms with van der Waals surface area (Å²) >= 11 is 0. The van der Waals surface area contributed by atoms with Crippen molar-refractivity contribution in [1.29, 1.82) is 0 Å². The van der Waals surface area contributed by atoms with E-state index < -0.39 is 0 Å². The number of nitrogens with two attached hydrogens (primary N) is 1. The maximum Gasteiger partial charge on any atom is 0.124 e. The van der Waals surface area contributed by atoms with Gasteiger partial charge in [-0.15, -0.1) is 0 Å². The lowest BCUT2D eigenvalue weighted by molar-refractivity contribution is 0.405. The first-order valence-corrected chi connectivity index (χ1v) is 5.65. The zero-order valence-corrected chi connectivity index (χ0v) is 10.7. The highest BCUT2D eigenvalue weighted by atomic mass is 19.1. The van der Waals surface area contributed by atoms with Gasteiger partial charge in [0.2, 0.25) is 0 Å². The molecular formula is C13H16FN3O. The zero-order chi connectivity index (χ0) is 13.3. The van der Waals surface area contributed by atoms with Crippen molar-refractivity contribution < 1.29 is 9.13 Å². The summed E-state index contributed by atoms with van der Waals surface area (Å²) < 4.78 is 20.2. The number of nitrogens with zero attached hydrogens (tertiary/aromatic N) is 2. The van der Waals surface area contributed by atoms with Gasteiger partial charge in [-0.2, -0.15) is 5.10 Å². The van der Waals surface area contributed by atoms with Crippen molar-refractivity contribution in [2.45, 2.75) is 20.4 Å². The lowest BCUT2D eigenvalue weighted by Crippen LogP contribution is -2.06. The highest BCUT2D eigenvalue weighted by Crippen LogP contribution is 2.22. The summed E-state index contributed by atoms with van der Waals surface area (Å²) in [5.41, 5.74) is 8.93. The number of hydrogen-bond donors (Lipinski definition) is 1. The van der Waals surface area contributed by atoms with Gasteiger partial charge in [0.1, 0.15) is 11.6 Å². The van der Waals surface area contributed by atoms with E-state index in [2.05, 4.69) is 5.10 Å². The Balaban J connectivity index is 2.39. The van der Waals surface area contributed by atoms with Gasteiger partial charge in [-0.25, -0.2) is 4.39 Å². The van der Waals surface area contributed by atoms with E-state index >= 15 is 0 Å².